The summed E-state index contributed by atoms with van der Waals surface area (Å²) in [7, 11) is -4.09. The Morgan fingerprint density at radius 3 is 2.11 bits per heavy atom. The standard InChI is InChI=1S/C8H8O10S/c9-7-13-1-3(15-7)5-6(17-8(10)16-5)4-2-14-19(11,12)18-4/h3-6H,1-2H2. The molecule has 0 aromatic heterocycles. The van der Waals surface area contributed by atoms with E-state index in [1.165, 1.54) is 0 Å². The van der Waals surface area contributed by atoms with Gasteiger partial charge >= 0.3 is 22.7 Å². The quantitative estimate of drug-likeness (QED) is 0.591. The number of cyclic esters (lactones) is 4. The lowest BCUT2D eigenvalue weighted by Crippen LogP contribution is -2.44. The van der Waals surface area contributed by atoms with Gasteiger partial charge in [0, 0.05) is 0 Å². The predicted octanol–water partition coefficient (Wildman–Crippen LogP) is -0.914. The maximum Gasteiger partial charge on any atom is 0.509 e. The first kappa shape index (κ1) is 12.4. The maximum atomic E-state index is 11.1. The normalized spacial score (nSPS) is 40.4. The molecule has 10 nitrogen and oxygen atoms in total. The lowest BCUT2D eigenvalue weighted by molar-refractivity contribution is -0.00998. The van der Waals surface area contributed by atoms with E-state index in [1.54, 1.807) is 0 Å². The van der Waals surface area contributed by atoms with Crippen LogP contribution in [0.15, 0.2) is 0 Å². The molecule has 3 aliphatic heterocycles. The molecule has 4 atom stereocenters. The van der Waals surface area contributed by atoms with Gasteiger partial charge in [0.25, 0.3) is 0 Å². The zero-order valence-corrected chi connectivity index (χ0v) is 10.0. The van der Waals surface area contributed by atoms with Gasteiger partial charge in [-0.25, -0.2) is 18.0 Å². The fraction of sp³-hybridized carbons (Fsp3) is 0.750. The van der Waals surface area contributed by atoms with Crippen LogP contribution in [-0.2, 0) is 37.7 Å². The van der Waals surface area contributed by atoms with Crippen molar-refractivity contribution < 1.29 is 45.3 Å². The van der Waals surface area contributed by atoms with E-state index in [1.807, 2.05) is 0 Å². The highest BCUT2D eigenvalue weighted by Gasteiger charge is 2.53. The summed E-state index contributed by atoms with van der Waals surface area (Å²) in [5.74, 6) is 0. The third-order valence-corrected chi connectivity index (χ3v) is 3.66. The second-order valence-corrected chi connectivity index (χ2v) is 5.20. The highest BCUT2D eigenvalue weighted by Crippen LogP contribution is 2.30. The van der Waals surface area contributed by atoms with Gasteiger partial charge < -0.3 is 18.9 Å². The van der Waals surface area contributed by atoms with Gasteiger partial charge in [-0.15, -0.1) is 0 Å². The highest BCUT2D eigenvalue weighted by atomic mass is 32.3. The van der Waals surface area contributed by atoms with Crippen molar-refractivity contribution in [2.45, 2.75) is 24.4 Å². The van der Waals surface area contributed by atoms with E-state index in [-0.39, 0.29) is 13.2 Å². The topological polar surface area (TPSA) is 124 Å². The summed E-state index contributed by atoms with van der Waals surface area (Å²) in [5, 5.41) is 0. The zero-order valence-electron chi connectivity index (χ0n) is 9.21. The van der Waals surface area contributed by atoms with Crippen molar-refractivity contribution in [3.63, 3.8) is 0 Å². The van der Waals surface area contributed by atoms with Crippen molar-refractivity contribution in [1.29, 1.82) is 0 Å². The van der Waals surface area contributed by atoms with Crippen LogP contribution in [-0.4, -0.2) is 58.4 Å². The molecule has 106 valence electrons. The third-order valence-electron chi connectivity index (χ3n) is 2.75. The molecule has 0 aliphatic carbocycles. The Bertz CT molecular complexity index is 512. The van der Waals surface area contributed by atoms with Crippen LogP contribution in [0.1, 0.15) is 0 Å². The molecule has 19 heavy (non-hydrogen) atoms. The van der Waals surface area contributed by atoms with Crippen LogP contribution in [0.4, 0.5) is 9.59 Å². The van der Waals surface area contributed by atoms with Gasteiger partial charge in [0.15, 0.2) is 18.3 Å². The molecule has 0 saturated carbocycles. The van der Waals surface area contributed by atoms with Gasteiger partial charge in [0.2, 0.25) is 0 Å². The van der Waals surface area contributed by atoms with Gasteiger partial charge in [-0.05, 0) is 0 Å². The fourth-order valence-corrected chi connectivity index (χ4v) is 2.79. The first-order valence-corrected chi connectivity index (χ1v) is 6.56. The highest BCUT2D eigenvalue weighted by molar-refractivity contribution is 7.82. The van der Waals surface area contributed by atoms with Gasteiger partial charge in [-0.3, -0.25) is 0 Å². The molecule has 3 saturated heterocycles. The van der Waals surface area contributed by atoms with Crippen molar-refractivity contribution in [3.05, 3.63) is 0 Å². The Kier molecular flexibility index (Phi) is 2.76. The first-order chi connectivity index (χ1) is 8.94. The molecule has 3 heterocycles. The van der Waals surface area contributed by atoms with Gasteiger partial charge in [0.1, 0.15) is 19.3 Å². The summed E-state index contributed by atoms with van der Waals surface area (Å²) >= 11 is 0. The van der Waals surface area contributed by atoms with Crippen LogP contribution in [0, 0.1) is 0 Å². The summed E-state index contributed by atoms with van der Waals surface area (Å²) in [4.78, 5) is 22.0. The van der Waals surface area contributed by atoms with Crippen molar-refractivity contribution in [3.8, 4) is 0 Å². The third kappa shape index (κ3) is 2.31. The number of rotatable bonds is 2. The molecule has 4 unspecified atom stereocenters. The fourth-order valence-electron chi connectivity index (χ4n) is 1.97. The van der Waals surface area contributed by atoms with E-state index in [0.29, 0.717) is 0 Å². The molecule has 3 aliphatic rings. The first-order valence-electron chi connectivity index (χ1n) is 5.23. The molecule has 0 N–H and O–H groups in total. The molecule has 0 amide bonds. The van der Waals surface area contributed by atoms with Gasteiger partial charge in [0.05, 0.1) is 0 Å². The molecule has 0 bridgehead atoms. The average Bonchev–Trinajstić information content (AvgIpc) is 2.98. The van der Waals surface area contributed by atoms with Crippen molar-refractivity contribution in [2.75, 3.05) is 13.2 Å². The van der Waals surface area contributed by atoms with Crippen LogP contribution >= 0.6 is 0 Å². The predicted molar refractivity (Wildman–Crippen MR) is 51.1 cm³/mol. The van der Waals surface area contributed by atoms with Gasteiger partial charge in [-0.1, -0.05) is 0 Å². The smallest absolute Gasteiger partial charge is 0.430 e. The largest absolute Gasteiger partial charge is 0.509 e. The Hall–Kier alpha value is -1.59. The number of hydrogen-bond acceptors (Lipinski definition) is 10. The maximum absolute atomic E-state index is 11.1. The minimum absolute atomic E-state index is 0.128. The Balaban J connectivity index is 1.75. The van der Waals surface area contributed by atoms with Crippen LogP contribution in [0.2, 0.25) is 0 Å². The molecular weight excluding hydrogens is 288 g/mol. The zero-order chi connectivity index (χ0) is 13.6. The summed E-state index contributed by atoms with van der Waals surface area (Å²) in [6.07, 6.45) is -5.92. The monoisotopic (exact) mass is 296 g/mol. The number of carbonyl (C=O) groups is 2. The average molecular weight is 296 g/mol. The Morgan fingerprint density at radius 2 is 1.58 bits per heavy atom. The van der Waals surface area contributed by atoms with Gasteiger partial charge in [-0.2, -0.15) is 8.42 Å². The van der Waals surface area contributed by atoms with Crippen molar-refractivity contribution >= 4 is 22.7 Å². The summed E-state index contributed by atoms with van der Waals surface area (Å²) in [6.45, 7) is -0.446. The van der Waals surface area contributed by atoms with E-state index in [2.05, 4.69) is 13.1 Å². The number of carbonyl (C=O) groups excluding carboxylic acids is 2. The number of ether oxygens (including phenoxy) is 4. The Labute approximate surface area is 106 Å². The minimum Gasteiger partial charge on any atom is -0.430 e. The summed E-state index contributed by atoms with van der Waals surface area (Å²) < 4.78 is 50.1. The molecular formula is C8H8O10S. The lowest BCUT2D eigenvalue weighted by atomic mass is 10.0. The number of hydrogen-bond donors (Lipinski definition) is 0. The molecule has 3 rings (SSSR count). The van der Waals surface area contributed by atoms with Crippen molar-refractivity contribution in [1.82, 2.24) is 0 Å². The van der Waals surface area contributed by atoms with Crippen LogP contribution < -0.4 is 0 Å². The van der Waals surface area contributed by atoms with Crippen LogP contribution in [0.3, 0.4) is 0 Å². The molecule has 11 heteroatoms. The van der Waals surface area contributed by atoms with E-state index in [4.69, 9.17) is 14.2 Å². The molecule has 0 aromatic rings. The van der Waals surface area contributed by atoms with Crippen LogP contribution in [0.25, 0.3) is 0 Å². The molecule has 0 aromatic carbocycles. The minimum atomic E-state index is -4.09. The molecule has 3 fully saturated rings. The van der Waals surface area contributed by atoms with E-state index in [0.717, 1.165) is 0 Å². The van der Waals surface area contributed by atoms with E-state index < -0.39 is 47.1 Å². The Morgan fingerprint density at radius 1 is 0.895 bits per heavy atom. The molecule has 0 radical (unpaired) electrons. The van der Waals surface area contributed by atoms with Crippen molar-refractivity contribution in [2.24, 2.45) is 0 Å². The van der Waals surface area contributed by atoms with E-state index >= 15 is 0 Å². The SMILES string of the molecule is O=C1OCC(C2OC(=O)OC2C2COS(=O)(=O)O2)O1. The summed E-state index contributed by atoms with van der Waals surface area (Å²) in [6, 6.07) is 0. The second-order valence-electron chi connectivity index (χ2n) is 3.96. The summed E-state index contributed by atoms with van der Waals surface area (Å²) in [5.41, 5.74) is 0. The van der Waals surface area contributed by atoms with E-state index in [9.17, 15) is 18.0 Å². The second kappa shape index (κ2) is 4.21. The van der Waals surface area contributed by atoms with Crippen LogP contribution in [0.5, 0.6) is 0 Å². The molecule has 0 spiro atoms. The lowest BCUT2D eigenvalue weighted by Gasteiger charge is -2.20.